The highest BCUT2D eigenvalue weighted by atomic mass is 32.1. The van der Waals surface area contributed by atoms with Crippen molar-refractivity contribution in [1.29, 1.82) is 0 Å². The molecule has 1 aliphatic carbocycles. The largest absolute Gasteiger partial charge is 0.481 e. The molecular weight excluding hydrogens is 262 g/mol. The van der Waals surface area contributed by atoms with Crippen molar-refractivity contribution in [3.8, 4) is 0 Å². The zero-order chi connectivity index (χ0) is 14.0. The number of nitrogens with one attached hydrogen (secondary N) is 1. The Kier molecular flexibility index (Phi) is 3.94. The lowest BCUT2D eigenvalue weighted by Gasteiger charge is -2.40. The van der Waals surface area contributed by atoms with Crippen LogP contribution in [0, 0.1) is 19.3 Å². The number of aliphatic carboxylic acids is 1. The van der Waals surface area contributed by atoms with Crippen LogP contribution in [-0.2, 0) is 4.79 Å². The second-order valence-electron chi connectivity index (χ2n) is 5.43. The summed E-state index contributed by atoms with van der Waals surface area (Å²) in [5.41, 5.74) is 0.493. The monoisotopic (exact) mass is 281 g/mol. The van der Waals surface area contributed by atoms with Crippen molar-refractivity contribution in [2.45, 2.75) is 39.5 Å². The molecule has 2 N–H and O–H groups in total. The third-order valence-electron chi connectivity index (χ3n) is 3.85. The van der Waals surface area contributed by atoms with Gasteiger partial charge in [-0.25, -0.2) is 0 Å². The van der Waals surface area contributed by atoms with E-state index in [1.165, 1.54) is 0 Å². The number of hydrogen-bond donors (Lipinski definition) is 2. The molecule has 1 aromatic heterocycles. The number of rotatable bonds is 5. The highest BCUT2D eigenvalue weighted by Gasteiger charge is 2.39. The Bertz CT molecular complexity index is 503. The summed E-state index contributed by atoms with van der Waals surface area (Å²) in [6, 6.07) is 1.89. The number of carbonyl (C=O) groups excluding carboxylic acids is 1. The maximum absolute atomic E-state index is 12.1. The highest BCUT2D eigenvalue weighted by molar-refractivity contribution is 7.12. The van der Waals surface area contributed by atoms with Gasteiger partial charge in [-0.3, -0.25) is 9.59 Å². The van der Waals surface area contributed by atoms with E-state index in [2.05, 4.69) is 5.32 Å². The van der Waals surface area contributed by atoms with Crippen molar-refractivity contribution in [1.82, 2.24) is 5.32 Å². The standard InChI is InChI=1S/C14H19NO3S/c1-9-6-11(10(2)19-9)13(18)15-8-14(4-3-5-14)7-12(16)17/h6H,3-5,7-8H2,1-2H3,(H,15,18)(H,16,17). The lowest BCUT2D eigenvalue weighted by Crippen LogP contribution is -2.43. The number of hydrogen-bond acceptors (Lipinski definition) is 3. The van der Waals surface area contributed by atoms with Gasteiger partial charge in [-0.05, 0) is 38.2 Å². The number of carbonyl (C=O) groups is 2. The van der Waals surface area contributed by atoms with E-state index in [1.54, 1.807) is 11.3 Å². The molecule has 0 spiro atoms. The van der Waals surface area contributed by atoms with Crippen molar-refractivity contribution in [2.75, 3.05) is 6.54 Å². The zero-order valence-electron chi connectivity index (χ0n) is 11.3. The molecule has 19 heavy (non-hydrogen) atoms. The van der Waals surface area contributed by atoms with Gasteiger partial charge in [0.1, 0.15) is 0 Å². The van der Waals surface area contributed by atoms with E-state index in [0.29, 0.717) is 12.1 Å². The predicted molar refractivity (Wildman–Crippen MR) is 74.7 cm³/mol. The summed E-state index contributed by atoms with van der Waals surface area (Å²) in [5.74, 6) is -0.866. The van der Waals surface area contributed by atoms with E-state index in [1.807, 2.05) is 19.9 Å². The number of aryl methyl sites for hydroxylation is 2. The van der Waals surface area contributed by atoms with Crippen LogP contribution < -0.4 is 5.32 Å². The summed E-state index contributed by atoms with van der Waals surface area (Å²) < 4.78 is 0. The molecule has 0 radical (unpaired) electrons. The van der Waals surface area contributed by atoms with Gasteiger partial charge < -0.3 is 10.4 Å². The molecule has 0 unspecified atom stereocenters. The van der Waals surface area contributed by atoms with E-state index in [9.17, 15) is 9.59 Å². The van der Waals surface area contributed by atoms with Crippen LogP contribution in [-0.4, -0.2) is 23.5 Å². The van der Waals surface area contributed by atoms with Crippen LogP contribution in [0.3, 0.4) is 0 Å². The molecule has 1 amide bonds. The predicted octanol–water partition coefficient (Wildman–Crippen LogP) is 2.74. The molecule has 5 heteroatoms. The molecule has 0 bridgehead atoms. The quantitative estimate of drug-likeness (QED) is 0.872. The van der Waals surface area contributed by atoms with Crippen LogP contribution in [0.15, 0.2) is 6.07 Å². The Morgan fingerprint density at radius 2 is 2.11 bits per heavy atom. The average molecular weight is 281 g/mol. The number of thiophene rings is 1. The molecule has 1 fully saturated rings. The first-order chi connectivity index (χ1) is 8.92. The van der Waals surface area contributed by atoms with Crippen LogP contribution in [0.1, 0.15) is 45.8 Å². The van der Waals surface area contributed by atoms with Crippen LogP contribution in [0.2, 0.25) is 0 Å². The number of carboxylic acids is 1. The minimum absolute atomic E-state index is 0.0847. The Morgan fingerprint density at radius 1 is 1.42 bits per heavy atom. The fourth-order valence-electron chi connectivity index (χ4n) is 2.63. The first-order valence-corrected chi connectivity index (χ1v) is 7.31. The van der Waals surface area contributed by atoms with Gasteiger partial charge in [0.15, 0.2) is 0 Å². The first kappa shape index (κ1) is 14.1. The summed E-state index contributed by atoms with van der Waals surface area (Å²) in [6.07, 6.45) is 2.98. The lowest BCUT2D eigenvalue weighted by molar-refractivity contribution is -0.141. The molecule has 1 heterocycles. The fraction of sp³-hybridized carbons (Fsp3) is 0.571. The van der Waals surface area contributed by atoms with E-state index in [4.69, 9.17) is 5.11 Å². The van der Waals surface area contributed by atoms with E-state index >= 15 is 0 Å². The molecule has 0 atom stereocenters. The van der Waals surface area contributed by atoms with Crippen molar-refractivity contribution in [2.24, 2.45) is 5.41 Å². The van der Waals surface area contributed by atoms with Crippen LogP contribution in [0.25, 0.3) is 0 Å². The van der Waals surface area contributed by atoms with Crippen molar-refractivity contribution in [3.63, 3.8) is 0 Å². The first-order valence-electron chi connectivity index (χ1n) is 6.49. The minimum atomic E-state index is -0.781. The Balaban J connectivity index is 1.96. The van der Waals surface area contributed by atoms with Gasteiger partial charge in [0, 0.05) is 16.3 Å². The third kappa shape index (κ3) is 3.15. The molecule has 104 valence electrons. The van der Waals surface area contributed by atoms with E-state index < -0.39 is 5.97 Å². The fourth-order valence-corrected chi connectivity index (χ4v) is 3.55. The molecular formula is C14H19NO3S. The molecule has 0 aliphatic heterocycles. The van der Waals surface area contributed by atoms with Gasteiger partial charge in [-0.2, -0.15) is 0 Å². The van der Waals surface area contributed by atoms with Crippen LogP contribution >= 0.6 is 11.3 Å². The topological polar surface area (TPSA) is 66.4 Å². The summed E-state index contributed by atoms with van der Waals surface area (Å²) in [6.45, 7) is 4.38. The van der Waals surface area contributed by atoms with Crippen molar-refractivity contribution >= 4 is 23.2 Å². The third-order valence-corrected chi connectivity index (χ3v) is 4.82. The molecule has 2 rings (SSSR count). The summed E-state index contributed by atoms with van der Waals surface area (Å²) in [5, 5.41) is 11.8. The SMILES string of the molecule is Cc1cc(C(=O)NCC2(CC(=O)O)CCC2)c(C)s1. The van der Waals surface area contributed by atoms with Crippen molar-refractivity contribution < 1.29 is 14.7 Å². The van der Waals surface area contributed by atoms with Gasteiger partial charge in [-0.1, -0.05) is 6.42 Å². The van der Waals surface area contributed by atoms with E-state index in [-0.39, 0.29) is 17.7 Å². The Morgan fingerprint density at radius 3 is 2.53 bits per heavy atom. The van der Waals surface area contributed by atoms with Crippen LogP contribution in [0.5, 0.6) is 0 Å². The molecule has 0 saturated heterocycles. The van der Waals surface area contributed by atoms with Gasteiger partial charge in [0.2, 0.25) is 0 Å². The zero-order valence-corrected chi connectivity index (χ0v) is 12.1. The summed E-state index contributed by atoms with van der Waals surface area (Å²) >= 11 is 1.61. The number of amides is 1. The van der Waals surface area contributed by atoms with E-state index in [0.717, 1.165) is 29.0 Å². The molecule has 0 aromatic carbocycles. The molecule has 4 nitrogen and oxygen atoms in total. The van der Waals surface area contributed by atoms with Crippen molar-refractivity contribution in [3.05, 3.63) is 21.4 Å². The smallest absolute Gasteiger partial charge is 0.303 e. The lowest BCUT2D eigenvalue weighted by atomic mass is 9.66. The normalized spacial score (nSPS) is 16.7. The second-order valence-corrected chi connectivity index (χ2v) is 6.89. The molecule has 1 aliphatic rings. The molecule has 1 saturated carbocycles. The van der Waals surface area contributed by atoms with Gasteiger partial charge in [-0.15, -0.1) is 11.3 Å². The minimum Gasteiger partial charge on any atom is -0.481 e. The Labute approximate surface area is 116 Å². The number of carboxylic acid groups (broad SMARTS) is 1. The Hall–Kier alpha value is -1.36. The summed E-state index contributed by atoms with van der Waals surface area (Å²) in [7, 11) is 0. The van der Waals surface area contributed by atoms with Crippen LogP contribution in [0.4, 0.5) is 0 Å². The maximum atomic E-state index is 12.1. The van der Waals surface area contributed by atoms with Gasteiger partial charge in [0.05, 0.1) is 12.0 Å². The second kappa shape index (κ2) is 5.33. The average Bonchev–Trinajstić information content (AvgIpc) is 2.60. The maximum Gasteiger partial charge on any atom is 0.303 e. The van der Waals surface area contributed by atoms with Gasteiger partial charge in [0.25, 0.3) is 5.91 Å². The van der Waals surface area contributed by atoms with Gasteiger partial charge >= 0.3 is 5.97 Å². The summed E-state index contributed by atoms with van der Waals surface area (Å²) in [4.78, 5) is 25.1. The highest BCUT2D eigenvalue weighted by Crippen LogP contribution is 2.43. The molecule has 1 aromatic rings.